The van der Waals surface area contributed by atoms with Crippen molar-refractivity contribution in [1.29, 1.82) is 0 Å². The van der Waals surface area contributed by atoms with Gasteiger partial charge >= 0.3 is 5.91 Å². The summed E-state index contributed by atoms with van der Waals surface area (Å²) in [5.74, 6) is -0.994. The third kappa shape index (κ3) is 2.95. The van der Waals surface area contributed by atoms with Gasteiger partial charge in [-0.25, -0.2) is 13.1 Å². The first-order valence-electron chi connectivity index (χ1n) is 5.00. The van der Waals surface area contributed by atoms with Crippen LogP contribution in [-0.4, -0.2) is 25.7 Å². The van der Waals surface area contributed by atoms with Crippen LogP contribution < -0.4 is 4.72 Å². The van der Waals surface area contributed by atoms with Crippen molar-refractivity contribution in [1.82, 2.24) is 9.88 Å². The van der Waals surface area contributed by atoms with Gasteiger partial charge in [0.05, 0.1) is 6.26 Å². The molecule has 0 aliphatic heterocycles. The summed E-state index contributed by atoms with van der Waals surface area (Å²) in [6.45, 7) is 0. The van der Waals surface area contributed by atoms with Crippen molar-refractivity contribution in [3.8, 4) is 11.3 Å². The van der Waals surface area contributed by atoms with Gasteiger partial charge in [0, 0.05) is 11.6 Å². The Morgan fingerprint density at radius 1 is 1.28 bits per heavy atom. The highest BCUT2D eigenvalue weighted by atomic mass is 32.2. The molecule has 2 aromatic rings. The lowest BCUT2D eigenvalue weighted by Crippen LogP contribution is -2.28. The van der Waals surface area contributed by atoms with E-state index in [1.54, 1.807) is 16.9 Å². The van der Waals surface area contributed by atoms with Gasteiger partial charge in [-0.1, -0.05) is 35.5 Å². The predicted molar refractivity (Wildman–Crippen MR) is 64.2 cm³/mol. The summed E-state index contributed by atoms with van der Waals surface area (Å²) in [4.78, 5) is 11.5. The van der Waals surface area contributed by atoms with Crippen LogP contribution in [0.4, 0.5) is 0 Å². The van der Waals surface area contributed by atoms with Crippen LogP contribution in [0.2, 0.25) is 0 Å². The van der Waals surface area contributed by atoms with Crippen molar-refractivity contribution in [3.63, 3.8) is 0 Å². The van der Waals surface area contributed by atoms with Gasteiger partial charge < -0.3 is 4.52 Å². The van der Waals surface area contributed by atoms with Crippen LogP contribution in [0.5, 0.6) is 0 Å². The molecule has 1 amide bonds. The topological polar surface area (TPSA) is 89.3 Å². The zero-order valence-electron chi connectivity index (χ0n) is 9.45. The van der Waals surface area contributed by atoms with Crippen LogP contribution in [0.3, 0.4) is 0 Å². The van der Waals surface area contributed by atoms with Gasteiger partial charge in [0.15, 0.2) is 0 Å². The van der Waals surface area contributed by atoms with E-state index in [0.29, 0.717) is 5.69 Å². The van der Waals surface area contributed by atoms with Crippen molar-refractivity contribution in [3.05, 3.63) is 42.2 Å². The third-order valence-corrected chi connectivity index (χ3v) is 2.64. The fraction of sp³-hybridized carbons (Fsp3) is 0.0909. The molecular weight excluding hydrogens is 256 g/mol. The molecule has 0 bridgehead atoms. The van der Waals surface area contributed by atoms with E-state index >= 15 is 0 Å². The Morgan fingerprint density at radius 2 is 1.94 bits per heavy atom. The highest BCUT2D eigenvalue weighted by molar-refractivity contribution is 7.89. The Labute approximate surface area is 104 Å². The first-order valence-corrected chi connectivity index (χ1v) is 6.89. The average molecular weight is 266 g/mol. The SMILES string of the molecule is CS(=O)(=O)NC(=O)c1cc(-c2ccccc2)no1. The number of sulfonamides is 1. The maximum Gasteiger partial charge on any atom is 0.303 e. The van der Waals surface area contributed by atoms with E-state index in [1.165, 1.54) is 6.07 Å². The van der Waals surface area contributed by atoms with Crippen molar-refractivity contribution in [2.45, 2.75) is 0 Å². The van der Waals surface area contributed by atoms with Crippen LogP contribution in [0.1, 0.15) is 10.6 Å². The highest BCUT2D eigenvalue weighted by Gasteiger charge is 2.17. The van der Waals surface area contributed by atoms with E-state index in [1.807, 2.05) is 18.2 Å². The van der Waals surface area contributed by atoms with E-state index in [9.17, 15) is 13.2 Å². The van der Waals surface area contributed by atoms with Crippen molar-refractivity contribution in [2.75, 3.05) is 6.26 Å². The van der Waals surface area contributed by atoms with E-state index in [4.69, 9.17) is 4.52 Å². The molecule has 0 unspecified atom stereocenters. The van der Waals surface area contributed by atoms with E-state index in [2.05, 4.69) is 5.16 Å². The molecule has 1 N–H and O–H groups in total. The lowest BCUT2D eigenvalue weighted by atomic mass is 10.1. The molecule has 1 aromatic heterocycles. The molecule has 0 fully saturated rings. The van der Waals surface area contributed by atoms with E-state index in [0.717, 1.165) is 11.8 Å². The maximum absolute atomic E-state index is 11.5. The number of hydrogen-bond acceptors (Lipinski definition) is 5. The number of nitrogens with zero attached hydrogens (tertiary/aromatic N) is 1. The number of aromatic nitrogens is 1. The minimum absolute atomic E-state index is 0.153. The molecule has 0 saturated carbocycles. The Hall–Kier alpha value is -2.15. The first-order chi connectivity index (χ1) is 8.46. The minimum atomic E-state index is -3.61. The smallest absolute Gasteiger partial charge is 0.303 e. The minimum Gasteiger partial charge on any atom is -0.350 e. The standard InChI is InChI=1S/C11H10N2O4S/c1-18(15,16)13-11(14)10-7-9(12-17-10)8-5-3-2-4-6-8/h2-7H,1H3,(H,13,14). The number of carbonyl (C=O) groups excluding carboxylic acids is 1. The van der Waals surface area contributed by atoms with Gasteiger partial charge in [-0.05, 0) is 0 Å². The molecule has 0 atom stereocenters. The molecule has 6 nitrogen and oxygen atoms in total. The van der Waals surface area contributed by atoms with Crippen molar-refractivity contribution in [2.24, 2.45) is 0 Å². The summed E-state index contributed by atoms with van der Waals surface area (Å²) < 4.78 is 28.4. The van der Waals surface area contributed by atoms with E-state index < -0.39 is 15.9 Å². The number of benzene rings is 1. The summed E-state index contributed by atoms with van der Waals surface area (Å²) in [5.41, 5.74) is 1.24. The summed E-state index contributed by atoms with van der Waals surface area (Å²) in [7, 11) is -3.61. The molecule has 18 heavy (non-hydrogen) atoms. The Kier molecular flexibility index (Phi) is 3.15. The lowest BCUT2D eigenvalue weighted by Gasteiger charge is -1.96. The van der Waals surface area contributed by atoms with Crippen LogP contribution >= 0.6 is 0 Å². The molecule has 1 aromatic carbocycles. The number of rotatable bonds is 3. The zero-order chi connectivity index (χ0) is 13.2. The Balaban J connectivity index is 2.24. The predicted octanol–water partition coefficient (Wildman–Crippen LogP) is 1.03. The molecule has 0 saturated heterocycles. The monoisotopic (exact) mass is 266 g/mol. The van der Waals surface area contributed by atoms with Gasteiger partial charge in [-0.2, -0.15) is 0 Å². The molecule has 94 valence electrons. The Morgan fingerprint density at radius 3 is 2.56 bits per heavy atom. The molecule has 2 rings (SSSR count). The third-order valence-electron chi connectivity index (χ3n) is 2.08. The van der Waals surface area contributed by atoms with Gasteiger partial charge in [0.25, 0.3) is 0 Å². The van der Waals surface area contributed by atoms with Crippen LogP contribution in [0.25, 0.3) is 11.3 Å². The van der Waals surface area contributed by atoms with E-state index in [-0.39, 0.29) is 5.76 Å². The molecule has 0 aliphatic carbocycles. The maximum atomic E-state index is 11.5. The highest BCUT2D eigenvalue weighted by Crippen LogP contribution is 2.18. The fourth-order valence-electron chi connectivity index (χ4n) is 1.35. The average Bonchev–Trinajstić information content (AvgIpc) is 2.77. The van der Waals surface area contributed by atoms with Gasteiger partial charge in [0.2, 0.25) is 15.8 Å². The zero-order valence-corrected chi connectivity index (χ0v) is 10.3. The molecule has 0 spiro atoms. The van der Waals surface area contributed by atoms with Crippen LogP contribution in [0, 0.1) is 0 Å². The second-order valence-electron chi connectivity index (χ2n) is 3.65. The molecule has 0 aliphatic rings. The van der Waals surface area contributed by atoms with Crippen LogP contribution in [0.15, 0.2) is 40.9 Å². The summed E-state index contributed by atoms with van der Waals surface area (Å²) in [6, 6.07) is 10.5. The van der Waals surface area contributed by atoms with Gasteiger partial charge in [0.1, 0.15) is 5.69 Å². The summed E-state index contributed by atoms with van der Waals surface area (Å²) in [5, 5.41) is 3.71. The summed E-state index contributed by atoms with van der Waals surface area (Å²) >= 11 is 0. The normalized spacial score (nSPS) is 11.2. The largest absolute Gasteiger partial charge is 0.350 e. The van der Waals surface area contributed by atoms with Gasteiger partial charge in [-0.3, -0.25) is 4.79 Å². The first kappa shape index (κ1) is 12.3. The Bertz CT molecular complexity index is 661. The molecule has 0 radical (unpaired) electrons. The number of carbonyl (C=O) groups is 1. The summed E-state index contributed by atoms with van der Waals surface area (Å²) in [6.07, 6.45) is 0.888. The van der Waals surface area contributed by atoms with Crippen molar-refractivity contribution < 1.29 is 17.7 Å². The quantitative estimate of drug-likeness (QED) is 0.896. The van der Waals surface area contributed by atoms with Crippen molar-refractivity contribution >= 4 is 15.9 Å². The molecule has 7 heteroatoms. The molecular formula is C11H10N2O4S. The number of nitrogens with one attached hydrogen (secondary N) is 1. The van der Waals surface area contributed by atoms with Gasteiger partial charge in [-0.15, -0.1) is 0 Å². The second kappa shape index (κ2) is 4.61. The number of amides is 1. The second-order valence-corrected chi connectivity index (χ2v) is 5.39. The fourth-order valence-corrected chi connectivity index (χ4v) is 1.78. The van der Waals surface area contributed by atoms with Crippen LogP contribution in [-0.2, 0) is 10.0 Å². The molecule has 1 heterocycles. The number of hydrogen-bond donors (Lipinski definition) is 1. The lowest BCUT2D eigenvalue weighted by molar-refractivity contribution is 0.0946.